The molecule has 1 aromatic carbocycles. The summed E-state index contributed by atoms with van der Waals surface area (Å²) in [5.41, 5.74) is 1.33. The number of hydrogen-bond donors (Lipinski definition) is 0. The zero-order valence-electron chi connectivity index (χ0n) is 7.82. The summed E-state index contributed by atoms with van der Waals surface area (Å²) in [5.74, 6) is 0. The van der Waals surface area contributed by atoms with Gasteiger partial charge in [-0.2, -0.15) is 0 Å². The average Bonchev–Trinajstić information content (AvgIpc) is 2.62. The van der Waals surface area contributed by atoms with Gasteiger partial charge in [-0.05, 0) is 25.5 Å². The van der Waals surface area contributed by atoms with Crippen molar-refractivity contribution in [1.29, 1.82) is 0 Å². The molecule has 0 aliphatic carbocycles. The Bertz CT molecular complexity index is 262. The Hall–Kier alpha value is -0.470. The Balaban J connectivity index is 1.97. The fourth-order valence-corrected chi connectivity index (χ4v) is 2.47. The predicted octanol–water partition coefficient (Wildman–Crippen LogP) is 2.88. The lowest BCUT2D eigenvalue weighted by Gasteiger charge is -2.06. The molecule has 1 unspecified atom stereocenters. The van der Waals surface area contributed by atoms with Crippen LogP contribution in [0.25, 0.3) is 0 Å². The summed E-state index contributed by atoms with van der Waals surface area (Å²) in [4.78, 5) is 1.36. The highest BCUT2D eigenvalue weighted by Gasteiger charge is 2.16. The quantitative estimate of drug-likeness (QED) is 0.716. The first-order valence-electron chi connectivity index (χ1n) is 4.66. The maximum Gasteiger partial charge on any atom is 0.0589 e. The molecule has 13 heavy (non-hydrogen) atoms. The number of ether oxygens (including phenoxy) is 1. The standard InChI is InChI=1S/C11H14OS/c1-9-2-4-10(5-3-9)13-11-6-7-12-8-11/h2-5,11H,6-8H2,1H3. The Labute approximate surface area is 83.5 Å². The summed E-state index contributed by atoms with van der Waals surface area (Å²) < 4.78 is 5.33. The van der Waals surface area contributed by atoms with Crippen LogP contribution < -0.4 is 0 Å². The Kier molecular flexibility index (Phi) is 2.91. The van der Waals surface area contributed by atoms with Crippen LogP contribution >= 0.6 is 11.8 Å². The van der Waals surface area contributed by atoms with Crippen molar-refractivity contribution in [3.63, 3.8) is 0 Å². The molecule has 1 aromatic rings. The second kappa shape index (κ2) is 4.16. The van der Waals surface area contributed by atoms with E-state index in [9.17, 15) is 0 Å². The lowest BCUT2D eigenvalue weighted by Crippen LogP contribution is -1.99. The van der Waals surface area contributed by atoms with E-state index >= 15 is 0 Å². The summed E-state index contributed by atoms with van der Waals surface area (Å²) in [5, 5.41) is 0.669. The van der Waals surface area contributed by atoms with E-state index < -0.39 is 0 Å². The van der Waals surface area contributed by atoms with Gasteiger partial charge in [-0.3, -0.25) is 0 Å². The van der Waals surface area contributed by atoms with Crippen LogP contribution in [0.4, 0.5) is 0 Å². The fourth-order valence-electron chi connectivity index (χ4n) is 1.42. The molecule has 2 heteroatoms. The average molecular weight is 194 g/mol. The van der Waals surface area contributed by atoms with Gasteiger partial charge in [0, 0.05) is 16.8 Å². The summed E-state index contributed by atoms with van der Waals surface area (Å²) in [6.45, 7) is 3.97. The Morgan fingerprint density at radius 1 is 1.31 bits per heavy atom. The zero-order chi connectivity index (χ0) is 9.10. The number of aryl methyl sites for hydroxylation is 1. The van der Waals surface area contributed by atoms with Gasteiger partial charge in [-0.25, -0.2) is 0 Å². The zero-order valence-corrected chi connectivity index (χ0v) is 8.64. The van der Waals surface area contributed by atoms with Crippen molar-refractivity contribution >= 4 is 11.8 Å². The van der Waals surface area contributed by atoms with Gasteiger partial charge in [0.05, 0.1) is 6.61 Å². The Morgan fingerprint density at radius 3 is 2.69 bits per heavy atom. The molecule has 0 saturated carbocycles. The van der Waals surface area contributed by atoms with Gasteiger partial charge in [0.15, 0.2) is 0 Å². The molecular formula is C11H14OS. The maximum absolute atomic E-state index is 5.33. The molecule has 0 radical (unpaired) electrons. The van der Waals surface area contributed by atoms with Crippen molar-refractivity contribution in [1.82, 2.24) is 0 Å². The number of thioether (sulfide) groups is 1. The smallest absolute Gasteiger partial charge is 0.0589 e. The molecule has 1 heterocycles. The SMILES string of the molecule is Cc1ccc(SC2CCOC2)cc1. The number of rotatable bonds is 2. The maximum atomic E-state index is 5.33. The summed E-state index contributed by atoms with van der Waals surface area (Å²) in [6.07, 6.45) is 1.19. The first-order valence-corrected chi connectivity index (χ1v) is 5.53. The largest absolute Gasteiger partial charge is 0.380 e. The molecule has 1 nitrogen and oxygen atoms in total. The second-order valence-corrected chi connectivity index (χ2v) is 4.79. The van der Waals surface area contributed by atoms with Crippen LogP contribution in [-0.4, -0.2) is 18.5 Å². The topological polar surface area (TPSA) is 9.23 Å². The monoisotopic (exact) mass is 194 g/mol. The lowest BCUT2D eigenvalue weighted by atomic mass is 10.2. The molecule has 1 aliphatic rings. The van der Waals surface area contributed by atoms with Crippen molar-refractivity contribution in [2.24, 2.45) is 0 Å². The van der Waals surface area contributed by atoms with E-state index in [1.54, 1.807) is 0 Å². The molecule has 1 fully saturated rings. The van der Waals surface area contributed by atoms with Gasteiger partial charge < -0.3 is 4.74 Å². The molecule has 1 saturated heterocycles. The van der Waals surface area contributed by atoms with Crippen LogP contribution in [0.2, 0.25) is 0 Å². The Morgan fingerprint density at radius 2 is 2.08 bits per heavy atom. The fraction of sp³-hybridized carbons (Fsp3) is 0.455. The van der Waals surface area contributed by atoms with Crippen molar-refractivity contribution in [2.45, 2.75) is 23.5 Å². The minimum Gasteiger partial charge on any atom is -0.380 e. The highest BCUT2D eigenvalue weighted by Crippen LogP contribution is 2.28. The predicted molar refractivity (Wildman–Crippen MR) is 56.3 cm³/mol. The van der Waals surface area contributed by atoms with E-state index in [0.29, 0.717) is 5.25 Å². The summed E-state index contributed by atoms with van der Waals surface area (Å²) in [6, 6.07) is 8.72. The van der Waals surface area contributed by atoms with Gasteiger partial charge in [0.1, 0.15) is 0 Å². The van der Waals surface area contributed by atoms with Crippen molar-refractivity contribution < 1.29 is 4.74 Å². The van der Waals surface area contributed by atoms with Gasteiger partial charge in [-0.15, -0.1) is 11.8 Å². The van der Waals surface area contributed by atoms with Gasteiger partial charge >= 0.3 is 0 Å². The van der Waals surface area contributed by atoms with Crippen LogP contribution in [0.15, 0.2) is 29.2 Å². The molecular weight excluding hydrogens is 180 g/mol. The van der Waals surface area contributed by atoms with Gasteiger partial charge in [-0.1, -0.05) is 17.7 Å². The van der Waals surface area contributed by atoms with E-state index in [2.05, 4.69) is 31.2 Å². The highest BCUT2D eigenvalue weighted by atomic mass is 32.2. The third-order valence-electron chi connectivity index (χ3n) is 2.21. The minimum atomic E-state index is 0.669. The third kappa shape index (κ3) is 2.48. The molecule has 0 amide bonds. The van der Waals surface area contributed by atoms with Crippen LogP contribution in [-0.2, 0) is 4.74 Å². The van der Waals surface area contributed by atoms with E-state index in [1.165, 1.54) is 16.9 Å². The molecule has 0 bridgehead atoms. The van der Waals surface area contributed by atoms with E-state index in [0.717, 1.165) is 13.2 Å². The van der Waals surface area contributed by atoms with Crippen LogP contribution in [0.5, 0.6) is 0 Å². The van der Waals surface area contributed by atoms with Crippen LogP contribution in [0.1, 0.15) is 12.0 Å². The molecule has 1 atom stereocenters. The molecule has 0 spiro atoms. The number of benzene rings is 1. The summed E-state index contributed by atoms with van der Waals surface area (Å²) >= 11 is 1.93. The lowest BCUT2D eigenvalue weighted by molar-refractivity contribution is 0.199. The van der Waals surface area contributed by atoms with Gasteiger partial charge in [0.2, 0.25) is 0 Å². The first-order chi connectivity index (χ1) is 6.34. The van der Waals surface area contributed by atoms with Gasteiger partial charge in [0.25, 0.3) is 0 Å². The van der Waals surface area contributed by atoms with Crippen LogP contribution in [0, 0.1) is 6.92 Å². The van der Waals surface area contributed by atoms with E-state index in [4.69, 9.17) is 4.74 Å². The normalized spacial score (nSPS) is 22.1. The molecule has 2 rings (SSSR count). The number of hydrogen-bond acceptors (Lipinski definition) is 2. The van der Waals surface area contributed by atoms with Crippen molar-refractivity contribution in [3.8, 4) is 0 Å². The molecule has 70 valence electrons. The van der Waals surface area contributed by atoms with Crippen molar-refractivity contribution in [3.05, 3.63) is 29.8 Å². The first kappa shape index (κ1) is 9.10. The second-order valence-electron chi connectivity index (χ2n) is 3.42. The minimum absolute atomic E-state index is 0.669. The summed E-state index contributed by atoms with van der Waals surface area (Å²) in [7, 11) is 0. The van der Waals surface area contributed by atoms with Crippen molar-refractivity contribution in [2.75, 3.05) is 13.2 Å². The van der Waals surface area contributed by atoms with Crippen LogP contribution in [0.3, 0.4) is 0 Å². The molecule has 0 N–H and O–H groups in total. The van der Waals surface area contributed by atoms with E-state index in [-0.39, 0.29) is 0 Å². The third-order valence-corrected chi connectivity index (χ3v) is 3.46. The van der Waals surface area contributed by atoms with E-state index in [1.807, 2.05) is 11.8 Å². The molecule has 0 aromatic heterocycles. The molecule has 1 aliphatic heterocycles. The highest BCUT2D eigenvalue weighted by molar-refractivity contribution is 8.00.